The highest BCUT2D eigenvalue weighted by atomic mass is 35.5. The van der Waals surface area contributed by atoms with E-state index in [1.165, 1.54) is 6.92 Å². The van der Waals surface area contributed by atoms with Crippen molar-refractivity contribution in [3.05, 3.63) is 33.3 Å². The number of nitrogens with one attached hydrogen (secondary N) is 1. The average Bonchev–Trinajstić information content (AvgIpc) is 3.30. The first-order chi connectivity index (χ1) is 13.1. The molecule has 6 nitrogen and oxygen atoms in total. The number of carbonyl (C=O) groups excluding carboxylic acids is 1. The van der Waals surface area contributed by atoms with E-state index in [9.17, 15) is 18.0 Å². The fourth-order valence-corrected chi connectivity index (χ4v) is 3.48. The van der Waals surface area contributed by atoms with Gasteiger partial charge in [0.1, 0.15) is 6.04 Å². The van der Waals surface area contributed by atoms with Crippen LogP contribution in [0.4, 0.5) is 13.2 Å². The average molecular weight is 438 g/mol. The Morgan fingerprint density at radius 3 is 2.57 bits per heavy atom. The molecule has 3 rings (SSSR count). The third-order valence-electron chi connectivity index (χ3n) is 4.62. The number of hydrogen-bond donors (Lipinski definition) is 1. The fourth-order valence-electron chi connectivity index (χ4n) is 2.95. The number of aryl methyl sites for hydroxylation is 2. The molecular formula is C17H20Cl2F3N5O. The summed E-state index contributed by atoms with van der Waals surface area (Å²) in [5.74, 6) is -0.497. The molecule has 1 aliphatic rings. The van der Waals surface area contributed by atoms with Gasteiger partial charge in [-0.05, 0) is 33.1 Å². The minimum Gasteiger partial charge on any atom is -0.354 e. The number of alkyl halides is 3. The van der Waals surface area contributed by atoms with Crippen LogP contribution < -0.4 is 5.32 Å². The van der Waals surface area contributed by atoms with Gasteiger partial charge >= 0.3 is 6.18 Å². The second kappa shape index (κ2) is 7.94. The molecule has 0 radical (unpaired) electrons. The van der Waals surface area contributed by atoms with E-state index in [4.69, 9.17) is 23.2 Å². The van der Waals surface area contributed by atoms with Crippen molar-refractivity contribution in [2.75, 3.05) is 6.54 Å². The first-order valence-electron chi connectivity index (χ1n) is 8.92. The first kappa shape index (κ1) is 21.0. The van der Waals surface area contributed by atoms with Gasteiger partial charge in [0.15, 0.2) is 5.69 Å². The smallest absolute Gasteiger partial charge is 0.354 e. The number of halogens is 5. The molecule has 1 N–H and O–H groups in total. The summed E-state index contributed by atoms with van der Waals surface area (Å²) in [4.78, 5) is 12.4. The predicted molar refractivity (Wildman–Crippen MR) is 98.5 cm³/mol. The molecule has 2 aromatic heterocycles. The molecule has 0 bridgehead atoms. The highest BCUT2D eigenvalue weighted by Crippen LogP contribution is 2.47. The SMILES string of the molecule is Cc1nn(CCCNC(=O)C(C)n2nc(C(F)(F)F)c(Cl)c2C2CC2)cc1Cl. The topological polar surface area (TPSA) is 64.7 Å². The minimum absolute atomic E-state index is 0.0841. The Morgan fingerprint density at radius 1 is 1.36 bits per heavy atom. The summed E-state index contributed by atoms with van der Waals surface area (Å²) in [5.41, 5.74) is -0.122. The van der Waals surface area contributed by atoms with E-state index in [2.05, 4.69) is 15.5 Å². The van der Waals surface area contributed by atoms with Crippen molar-refractivity contribution in [2.45, 2.75) is 57.8 Å². The zero-order valence-corrected chi connectivity index (χ0v) is 16.9. The van der Waals surface area contributed by atoms with E-state index in [1.54, 1.807) is 17.8 Å². The van der Waals surface area contributed by atoms with Crippen molar-refractivity contribution in [3.63, 3.8) is 0 Å². The quantitative estimate of drug-likeness (QED) is 0.654. The molecule has 1 atom stereocenters. The van der Waals surface area contributed by atoms with E-state index in [-0.39, 0.29) is 5.92 Å². The molecule has 28 heavy (non-hydrogen) atoms. The van der Waals surface area contributed by atoms with Crippen LogP contribution in [0, 0.1) is 6.92 Å². The van der Waals surface area contributed by atoms with Gasteiger partial charge in [0, 0.05) is 25.2 Å². The Kier molecular flexibility index (Phi) is 5.95. The number of nitrogens with zero attached hydrogens (tertiary/aromatic N) is 4. The Hall–Kier alpha value is -1.74. The molecular weight excluding hydrogens is 418 g/mol. The van der Waals surface area contributed by atoms with Crippen LogP contribution in [0.15, 0.2) is 6.20 Å². The molecule has 1 amide bonds. The van der Waals surface area contributed by atoms with Gasteiger partial charge in [0.2, 0.25) is 5.91 Å². The summed E-state index contributed by atoms with van der Waals surface area (Å²) < 4.78 is 42.3. The maximum atomic E-state index is 13.2. The summed E-state index contributed by atoms with van der Waals surface area (Å²) in [6.07, 6.45) is -0.885. The van der Waals surface area contributed by atoms with Gasteiger partial charge in [-0.15, -0.1) is 0 Å². The first-order valence-corrected chi connectivity index (χ1v) is 9.67. The normalized spacial score (nSPS) is 15.7. The van der Waals surface area contributed by atoms with Crippen molar-refractivity contribution in [1.82, 2.24) is 24.9 Å². The molecule has 1 fully saturated rings. The van der Waals surface area contributed by atoms with Crippen LogP contribution in [-0.2, 0) is 17.5 Å². The number of hydrogen-bond acceptors (Lipinski definition) is 3. The van der Waals surface area contributed by atoms with E-state index >= 15 is 0 Å². The molecule has 11 heteroatoms. The van der Waals surface area contributed by atoms with Crippen molar-refractivity contribution in [1.29, 1.82) is 0 Å². The highest BCUT2D eigenvalue weighted by molar-refractivity contribution is 6.32. The predicted octanol–water partition coefficient (Wildman–Crippen LogP) is 4.36. The van der Waals surface area contributed by atoms with Gasteiger partial charge < -0.3 is 5.32 Å². The monoisotopic (exact) mass is 437 g/mol. The van der Waals surface area contributed by atoms with Gasteiger partial charge in [-0.3, -0.25) is 14.2 Å². The van der Waals surface area contributed by atoms with Crippen molar-refractivity contribution < 1.29 is 18.0 Å². The lowest BCUT2D eigenvalue weighted by Crippen LogP contribution is -2.33. The van der Waals surface area contributed by atoms with Crippen molar-refractivity contribution in [2.24, 2.45) is 0 Å². The summed E-state index contributed by atoms with van der Waals surface area (Å²) >= 11 is 11.9. The Labute approximate surface area is 170 Å². The molecule has 1 saturated carbocycles. The minimum atomic E-state index is -4.66. The summed E-state index contributed by atoms with van der Waals surface area (Å²) in [5, 5.41) is 10.7. The van der Waals surface area contributed by atoms with Gasteiger partial charge in [0.05, 0.1) is 21.4 Å². The third-order valence-corrected chi connectivity index (χ3v) is 5.36. The van der Waals surface area contributed by atoms with Gasteiger partial charge in [0.25, 0.3) is 0 Å². The molecule has 0 aliphatic heterocycles. The lowest BCUT2D eigenvalue weighted by molar-refractivity contribution is -0.141. The van der Waals surface area contributed by atoms with Crippen LogP contribution in [0.1, 0.15) is 55.2 Å². The summed E-state index contributed by atoms with van der Waals surface area (Å²) in [7, 11) is 0. The van der Waals surface area contributed by atoms with Crippen LogP contribution in [0.2, 0.25) is 10.0 Å². The zero-order chi connectivity index (χ0) is 20.6. The standard InChI is InChI=1S/C17H20Cl2F3N5O/c1-9-12(18)8-26(24-9)7-3-6-23-16(28)10(2)27-14(11-4-5-11)13(19)15(25-27)17(20,21)22/h8,10-11H,3-7H2,1-2H3,(H,23,28). The number of amides is 1. The Balaban J connectivity index is 1.63. The van der Waals surface area contributed by atoms with E-state index in [0.717, 1.165) is 23.2 Å². The highest BCUT2D eigenvalue weighted by Gasteiger charge is 2.43. The molecule has 0 saturated heterocycles. The largest absolute Gasteiger partial charge is 0.436 e. The lowest BCUT2D eigenvalue weighted by atomic mass is 10.2. The molecule has 2 aromatic rings. The van der Waals surface area contributed by atoms with Crippen LogP contribution in [0.5, 0.6) is 0 Å². The molecule has 0 spiro atoms. The van der Waals surface area contributed by atoms with Crippen LogP contribution >= 0.6 is 23.2 Å². The van der Waals surface area contributed by atoms with Crippen molar-refractivity contribution >= 4 is 29.1 Å². The van der Waals surface area contributed by atoms with E-state index in [0.29, 0.717) is 30.2 Å². The second-order valence-electron chi connectivity index (χ2n) is 6.91. The Bertz CT molecular complexity index is 854. The van der Waals surface area contributed by atoms with Gasteiger partial charge in [-0.25, -0.2) is 0 Å². The van der Waals surface area contributed by atoms with Crippen molar-refractivity contribution in [3.8, 4) is 0 Å². The molecule has 2 heterocycles. The number of rotatable bonds is 7. The molecule has 1 aliphatic carbocycles. The van der Waals surface area contributed by atoms with Gasteiger partial charge in [-0.1, -0.05) is 23.2 Å². The fraction of sp³-hybridized carbons (Fsp3) is 0.588. The molecule has 1 unspecified atom stereocenters. The number of carbonyl (C=O) groups is 1. The Morgan fingerprint density at radius 2 is 2.04 bits per heavy atom. The van der Waals surface area contributed by atoms with Crippen LogP contribution in [0.25, 0.3) is 0 Å². The lowest BCUT2D eigenvalue weighted by Gasteiger charge is -2.16. The molecule has 0 aromatic carbocycles. The van der Waals surface area contributed by atoms with E-state index in [1.807, 2.05) is 0 Å². The van der Waals surface area contributed by atoms with Gasteiger partial charge in [-0.2, -0.15) is 23.4 Å². The van der Waals surface area contributed by atoms with E-state index < -0.39 is 28.8 Å². The second-order valence-corrected chi connectivity index (χ2v) is 7.70. The van der Waals surface area contributed by atoms with Crippen LogP contribution in [-0.4, -0.2) is 32.0 Å². The summed E-state index contributed by atoms with van der Waals surface area (Å²) in [6, 6.07) is -0.898. The zero-order valence-electron chi connectivity index (χ0n) is 15.4. The van der Waals surface area contributed by atoms with Crippen LogP contribution in [0.3, 0.4) is 0 Å². The number of aromatic nitrogens is 4. The molecule has 154 valence electrons. The third kappa shape index (κ3) is 4.46. The maximum Gasteiger partial charge on any atom is 0.436 e. The summed E-state index contributed by atoms with van der Waals surface area (Å²) in [6.45, 7) is 4.21. The maximum absolute atomic E-state index is 13.2.